The number of hydrogen-bond donors (Lipinski definition) is 6. The van der Waals surface area contributed by atoms with Crippen molar-refractivity contribution in [2.75, 3.05) is 0 Å². The Morgan fingerprint density at radius 1 is 0.800 bits per heavy atom. The number of hydrogen-bond acceptors (Lipinski definition) is 2. The summed E-state index contributed by atoms with van der Waals surface area (Å²) in [6.45, 7) is -3.25. The van der Waals surface area contributed by atoms with Crippen molar-refractivity contribution in [1.82, 2.24) is 0 Å². The zero-order chi connectivity index (χ0) is 12.4. The van der Waals surface area contributed by atoms with Crippen LogP contribution in [0.3, 0.4) is 0 Å². The molecule has 0 heterocycles. The maximum atomic E-state index is 7.56. The predicted molar refractivity (Wildman–Crippen MR) is 63.6 cm³/mol. The Labute approximate surface area is 123 Å². The largest absolute Gasteiger partial charge is 1.00 e. The van der Waals surface area contributed by atoms with Crippen LogP contribution in [0.25, 0.3) is 0 Å². The predicted octanol–water partition coefficient (Wildman–Crippen LogP) is -2.70. The van der Waals surface area contributed by atoms with E-state index in [9.17, 15) is 0 Å². The van der Waals surface area contributed by atoms with Crippen LogP contribution in [0.1, 0.15) is 28.1 Å². The smallest absolute Gasteiger partial charge is 1.00 e. The summed E-state index contributed by atoms with van der Waals surface area (Å²) < 4.78 is 0. The fourth-order valence-electron chi connectivity index (χ4n) is 0. The zero-order valence-electron chi connectivity index (χ0n) is 9.81. The fourth-order valence-corrected chi connectivity index (χ4v) is 0. The van der Waals surface area contributed by atoms with Gasteiger partial charge >= 0.3 is 43.0 Å². The van der Waals surface area contributed by atoms with E-state index in [2.05, 4.69) is 37.5 Å². The summed E-state index contributed by atoms with van der Waals surface area (Å²) in [5.74, 6) is 0. The fraction of sp³-hybridized carbons (Fsp3) is 1.00. The quantitative estimate of drug-likeness (QED) is 0.229. The second-order valence-electron chi connectivity index (χ2n) is 2.03. The van der Waals surface area contributed by atoms with E-state index in [0.29, 0.717) is 0 Å². The summed E-state index contributed by atoms with van der Waals surface area (Å²) in [7, 11) is 0. The number of unbranched alkanes of at least 4 members (excludes halogenated alkanes) is 1. The van der Waals surface area contributed by atoms with Crippen LogP contribution in [-0.2, 0) is 23.6 Å². The van der Waals surface area contributed by atoms with Crippen LogP contribution in [0, 0.1) is 0 Å². The van der Waals surface area contributed by atoms with Crippen molar-refractivity contribution in [1.29, 1.82) is 0 Å². The third-order valence-electron chi connectivity index (χ3n) is 0.500. The first-order valence-electron chi connectivity index (χ1n) is 3.48. The summed E-state index contributed by atoms with van der Waals surface area (Å²) in [5, 5.41) is 0. The Hall–Kier alpha value is 2.06. The second kappa shape index (κ2) is 14.1. The van der Waals surface area contributed by atoms with Crippen LogP contribution in [0.5, 0.6) is 0 Å². The van der Waals surface area contributed by atoms with Gasteiger partial charge in [-0.2, -0.15) is 0 Å². The van der Waals surface area contributed by atoms with Crippen molar-refractivity contribution in [2.24, 2.45) is 0 Å². The molecule has 92 valence electrons. The van der Waals surface area contributed by atoms with Crippen LogP contribution in [-0.4, -0.2) is 29.4 Å². The Kier molecular flexibility index (Phi) is 24.3. The minimum atomic E-state index is -3.81. The monoisotopic (exact) mass is 310 g/mol. The minimum Gasteiger partial charge on any atom is -1.00 e. The van der Waals surface area contributed by atoms with Gasteiger partial charge in [0.1, 0.15) is 0 Å². The molecular formula is C4H17NaO6P2S2. The van der Waals surface area contributed by atoms with Gasteiger partial charge in [0.2, 0.25) is 0 Å². The minimum absolute atomic E-state index is 0. The Morgan fingerprint density at radius 3 is 0.867 bits per heavy atom. The summed E-state index contributed by atoms with van der Waals surface area (Å²) in [4.78, 5) is 45.3. The van der Waals surface area contributed by atoms with Crippen molar-refractivity contribution in [3.63, 3.8) is 0 Å². The van der Waals surface area contributed by atoms with Crippen LogP contribution in [0.2, 0.25) is 0 Å². The van der Waals surface area contributed by atoms with Gasteiger partial charge in [-0.25, -0.2) is 0 Å². The molecule has 6 N–H and O–H groups in total. The third-order valence-corrected chi connectivity index (χ3v) is 0.500. The molecule has 0 saturated carbocycles. The van der Waals surface area contributed by atoms with Crippen molar-refractivity contribution < 1.29 is 60.3 Å². The van der Waals surface area contributed by atoms with Gasteiger partial charge in [0.15, 0.2) is 0 Å². The SMILES string of the molecule is CCCC.OP(O)(O)=S.OP(O)(O)=S.[H-].[Na+]. The van der Waals surface area contributed by atoms with E-state index in [1.165, 1.54) is 12.8 Å². The molecule has 0 aromatic rings. The van der Waals surface area contributed by atoms with Gasteiger partial charge in [0.05, 0.1) is 0 Å². The molecule has 0 atom stereocenters. The third kappa shape index (κ3) is 339. The molecule has 0 rings (SSSR count). The molecule has 0 bridgehead atoms. The molecule has 0 amide bonds. The van der Waals surface area contributed by atoms with Gasteiger partial charge in [-0.15, -0.1) is 0 Å². The molecule has 0 fully saturated rings. The first-order chi connectivity index (χ1) is 5.91. The molecule has 0 radical (unpaired) electrons. The normalized spacial score (nSPS) is 9.87. The van der Waals surface area contributed by atoms with Crippen molar-refractivity contribution in [2.45, 2.75) is 26.7 Å². The van der Waals surface area contributed by atoms with E-state index in [4.69, 9.17) is 29.4 Å². The van der Waals surface area contributed by atoms with E-state index >= 15 is 0 Å². The van der Waals surface area contributed by atoms with Crippen LogP contribution >= 0.6 is 13.4 Å². The molecule has 0 aromatic heterocycles. The summed E-state index contributed by atoms with van der Waals surface area (Å²) in [5.41, 5.74) is 0. The summed E-state index contributed by atoms with van der Waals surface area (Å²) in [6, 6.07) is 0. The van der Waals surface area contributed by atoms with E-state index in [0.717, 1.165) is 0 Å². The maximum absolute atomic E-state index is 7.56. The second-order valence-corrected chi connectivity index (χ2v) is 7.02. The molecule has 15 heavy (non-hydrogen) atoms. The molecule has 0 aliphatic heterocycles. The van der Waals surface area contributed by atoms with Gasteiger partial charge in [0, 0.05) is 0 Å². The number of rotatable bonds is 1. The topological polar surface area (TPSA) is 121 Å². The van der Waals surface area contributed by atoms with E-state index < -0.39 is 13.4 Å². The molecule has 6 nitrogen and oxygen atoms in total. The van der Waals surface area contributed by atoms with E-state index in [1.807, 2.05) is 0 Å². The van der Waals surface area contributed by atoms with E-state index in [1.54, 1.807) is 0 Å². The maximum Gasteiger partial charge on any atom is 1.00 e. The standard InChI is InChI=1S/C4H10.Na.2H3O3PS.H/c1-3-4-2;;2*1-4(2,3)5;/h3-4H2,1-2H3;;2*(H3,1,2,3,5);/q;+1;;;-1. The summed E-state index contributed by atoms with van der Waals surface area (Å²) in [6.07, 6.45) is 2.64. The molecule has 0 unspecified atom stereocenters. The van der Waals surface area contributed by atoms with Gasteiger partial charge < -0.3 is 30.8 Å². The Balaban J connectivity index is -0.0000000358. The Morgan fingerprint density at radius 2 is 0.867 bits per heavy atom. The van der Waals surface area contributed by atoms with Crippen LogP contribution < -0.4 is 29.6 Å². The average molecular weight is 310 g/mol. The first-order valence-corrected chi connectivity index (χ1v) is 8.80. The van der Waals surface area contributed by atoms with Gasteiger partial charge in [-0.05, 0) is 23.6 Å². The molecule has 0 aliphatic carbocycles. The van der Waals surface area contributed by atoms with Crippen LogP contribution in [0.15, 0.2) is 0 Å². The van der Waals surface area contributed by atoms with Crippen molar-refractivity contribution in [3.8, 4) is 0 Å². The molecule has 0 spiro atoms. The van der Waals surface area contributed by atoms with Gasteiger partial charge in [0.25, 0.3) is 0 Å². The van der Waals surface area contributed by atoms with E-state index in [-0.39, 0.29) is 31.0 Å². The van der Waals surface area contributed by atoms with Gasteiger partial charge in [-0.1, -0.05) is 26.7 Å². The average Bonchev–Trinajstić information content (AvgIpc) is 1.79. The Bertz CT molecular complexity index is 170. The van der Waals surface area contributed by atoms with Crippen molar-refractivity contribution in [3.05, 3.63) is 0 Å². The molecular weight excluding hydrogens is 293 g/mol. The summed E-state index contributed by atoms with van der Waals surface area (Å²) >= 11 is 7.21. The first kappa shape index (κ1) is 25.8. The zero-order valence-corrected chi connectivity index (χ0v) is 14.2. The van der Waals surface area contributed by atoms with Crippen molar-refractivity contribution >= 4 is 37.1 Å². The molecule has 0 aliphatic rings. The molecule has 0 aromatic carbocycles. The molecule has 11 heteroatoms. The van der Waals surface area contributed by atoms with Gasteiger partial charge in [-0.3, -0.25) is 0 Å². The molecule has 0 saturated heterocycles. The van der Waals surface area contributed by atoms with Crippen LogP contribution in [0.4, 0.5) is 0 Å².